The molecule has 2 rings (SSSR count). The first-order valence-corrected chi connectivity index (χ1v) is 8.40. The van der Waals surface area contributed by atoms with Gasteiger partial charge in [-0.05, 0) is 18.4 Å². The minimum atomic E-state index is -3.51. The second-order valence-corrected chi connectivity index (χ2v) is 6.95. The van der Waals surface area contributed by atoms with Crippen LogP contribution in [0.5, 0.6) is 0 Å². The Morgan fingerprint density at radius 2 is 1.85 bits per heavy atom. The lowest BCUT2D eigenvalue weighted by Crippen LogP contribution is -2.45. The minimum absolute atomic E-state index is 0.114. The first kappa shape index (κ1) is 15.0. The van der Waals surface area contributed by atoms with Crippen molar-refractivity contribution in [1.82, 2.24) is 4.72 Å². The lowest BCUT2D eigenvalue weighted by atomic mass is 9.85. The fourth-order valence-corrected chi connectivity index (χ4v) is 4.09. The molecule has 0 unspecified atom stereocenters. The van der Waals surface area contributed by atoms with Gasteiger partial charge in [-0.25, -0.2) is 13.1 Å². The van der Waals surface area contributed by atoms with Crippen molar-refractivity contribution >= 4 is 16.0 Å². The van der Waals surface area contributed by atoms with Crippen molar-refractivity contribution in [1.29, 1.82) is 0 Å². The van der Waals surface area contributed by atoms with Gasteiger partial charge in [0.2, 0.25) is 10.0 Å². The van der Waals surface area contributed by atoms with Crippen LogP contribution in [-0.4, -0.2) is 25.5 Å². The van der Waals surface area contributed by atoms with Gasteiger partial charge < -0.3 is 5.11 Å². The van der Waals surface area contributed by atoms with E-state index in [0.717, 1.165) is 12.8 Å². The summed E-state index contributed by atoms with van der Waals surface area (Å²) in [6, 6.07) is 8.39. The molecule has 0 heterocycles. The second kappa shape index (κ2) is 6.37. The first-order chi connectivity index (χ1) is 9.48. The van der Waals surface area contributed by atoms with E-state index < -0.39 is 28.0 Å². The van der Waals surface area contributed by atoms with Gasteiger partial charge in [0.25, 0.3) is 0 Å². The zero-order chi connectivity index (χ0) is 14.6. The van der Waals surface area contributed by atoms with Crippen molar-refractivity contribution in [3.63, 3.8) is 0 Å². The number of carboxylic acid groups (broad SMARTS) is 1. The Bertz CT molecular complexity index is 556. The van der Waals surface area contributed by atoms with Gasteiger partial charge >= 0.3 is 5.97 Å². The van der Waals surface area contributed by atoms with E-state index in [0.29, 0.717) is 18.4 Å². The third-order valence-corrected chi connectivity index (χ3v) is 4.99. The van der Waals surface area contributed by atoms with Crippen molar-refractivity contribution < 1.29 is 18.3 Å². The number of nitrogens with one attached hydrogen (secondary N) is 1. The Morgan fingerprint density at radius 3 is 2.50 bits per heavy atom. The molecule has 20 heavy (non-hydrogen) atoms. The third-order valence-electron chi connectivity index (χ3n) is 3.61. The Labute approximate surface area is 119 Å². The molecule has 0 spiro atoms. The number of carbonyl (C=O) groups is 1. The number of hydrogen-bond donors (Lipinski definition) is 2. The van der Waals surface area contributed by atoms with Crippen LogP contribution in [0.1, 0.15) is 31.2 Å². The van der Waals surface area contributed by atoms with Crippen molar-refractivity contribution in [2.75, 3.05) is 0 Å². The summed E-state index contributed by atoms with van der Waals surface area (Å²) in [4.78, 5) is 11.2. The van der Waals surface area contributed by atoms with Crippen molar-refractivity contribution in [3.8, 4) is 0 Å². The van der Waals surface area contributed by atoms with Crippen LogP contribution in [0.15, 0.2) is 30.3 Å². The zero-order valence-corrected chi connectivity index (χ0v) is 12.0. The average molecular weight is 297 g/mol. The highest BCUT2D eigenvalue weighted by atomic mass is 32.2. The molecular weight excluding hydrogens is 278 g/mol. The second-order valence-electron chi connectivity index (χ2n) is 5.20. The summed E-state index contributed by atoms with van der Waals surface area (Å²) in [7, 11) is -3.51. The van der Waals surface area contributed by atoms with Crippen molar-refractivity contribution in [2.24, 2.45) is 5.92 Å². The van der Waals surface area contributed by atoms with E-state index in [1.165, 1.54) is 0 Å². The van der Waals surface area contributed by atoms with E-state index in [1.807, 2.05) is 6.07 Å². The molecule has 1 aliphatic carbocycles. The van der Waals surface area contributed by atoms with Gasteiger partial charge in [-0.15, -0.1) is 0 Å². The fraction of sp³-hybridized carbons (Fsp3) is 0.500. The zero-order valence-electron chi connectivity index (χ0n) is 11.2. The SMILES string of the molecule is O=C(O)[C@H]1CCCC[C@H]1NS(=O)(=O)Cc1ccccc1. The number of sulfonamides is 1. The van der Waals surface area contributed by atoms with Gasteiger partial charge in [0.05, 0.1) is 11.7 Å². The van der Waals surface area contributed by atoms with Gasteiger partial charge in [-0.3, -0.25) is 4.79 Å². The Kier molecular flexibility index (Phi) is 4.77. The summed E-state index contributed by atoms with van der Waals surface area (Å²) in [5.74, 6) is -1.65. The maximum absolute atomic E-state index is 12.1. The molecular formula is C14H19NO4S. The Morgan fingerprint density at radius 1 is 1.20 bits per heavy atom. The fourth-order valence-electron chi connectivity index (χ4n) is 2.63. The molecule has 2 atom stereocenters. The van der Waals surface area contributed by atoms with Crippen LogP contribution in [-0.2, 0) is 20.6 Å². The van der Waals surface area contributed by atoms with Gasteiger partial charge in [-0.1, -0.05) is 43.2 Å². The van der Waals surface area contributed by atoms with Gasteiger partial charge in [-0.2, -0.15) is 0 Å². The smallest absolute Gasteiger partial charge is 0.308 e. The quantitative estimate of drug-likeness (QED) is 0.867. The van der Waals surface area contributed by atoms with Gasteiger partial charge in [0, 0.05) is 6.04 Å². The molecule has 1 saturated carbocycles. The van der Waals surface area contributed by atoms with Crippen LogP contribution in [0.25, 0.3) is 0 Å². The molecule has 6 heteroatoms. The predicted octanol–water partition coefficient (Wildman–Crippen LogP) is 1.75. The molecule has 1 aliphatic rings. The van der Waals surface area contributed by atoms with E-state index in [1.54, 1.807) is 24.3 Å². The lowest BCUT2D eigenvalue weighted by molar-refractivity contribution is -0.143. The molecule has 1 aromatic rings. The topological polar surface area (TPSA) is 83.5 Å². The summed E-state index contributed by atoms with van der Waals surface area (Å²) < 4.78 is 26.8. The van der Waals surface area contributed by atoms with Gasteiger partial charge in [0.1, 0.15) is 0 Å². The van der Waals surface area contributed by atoms with Crippen LogP contribution in [0.3, 0.4) is 0 Å². The molecule has 0 bridgehead atoms. The van der Waals surface area contributed by atoms with Crippen LogP contribution in [0.4, 0.5) is 0 Å². The van der Waals surface area contributed by atoms with Crippen LogP contribution < -0.4 is 4.72 Å². The van der Waals surface area contributed by atoms with Gasteiger partial charge in [0.15, 0.2) is 0 Å². The molecule has 0 radical (unpaired) electrons. The average Bonchev–Trinajstić information content (AvgIpc) is 2.39. The molecule has 5 nitrogen and oxygen atoms in total. The van der Waals surface area contributed by atoms with E-state index in [4.69, 9.17) is 5.11 Å². The third kappa shape index (κ3) is 4.05. The summed E-state index contributed by atoms with van der Waals surface area (Å²) in [6.45, 7) is 0. The minimum Gasteiger partial charge on any atom is -0.481 e. The monoisotopic (exact) mass is 297 g/mol. The van der Waals surface area contributed by atoms with E-state index in [2.05, 4.69) is 4.72 Å². The number of aliphatic carboxylic acids is 1. The summed E-state index contributed by atoms with van der Waals surface area (Å²) in [5, 5.41) is 9.16. The normalized spacial score (nSPS) is 23.4. The van der Waals surface area contributed by atoms with E-state index in [-0.39, 0.29) is 5.75 Å². The van der Waals surface area contributed by atoms with Crippen molar-refractivity contribution in [3.05, 3.63) is 35.9 Å². The van der Waals surface area contributed by atoms with Crippen LogP contribution in [0.2, 0.25) is 0 Å². The largest absolute Gasteiger partial charge is 0.481 e. The first-order valence-electron chi connectivity index (χ1n) is 6.75. The summed E-state index contributed by atoms with van der Waals surface area (Å²) in [5.41, 5.74) is 0.697. The number of hydrogen-bond acceptors (Lipinski definition) is 3. The van der Waals surface area contributed by atoms with Crippen molar-refractivity contribution in [2.45, 2.75) is 37.5 Å². The molecule has 110 valence electrons. The summed E-state index contributed by atoms with van der Waals surface area (Å²) in [6.07, 6.45) is 2.83. The number of carboxylic acids is 1. The molecule has 0 amide bonds. The molecule has 2 N–H and O–H groups in total. The Balaban J connectivity index is 2.05. The molecule has 0 saturated heterocycles. The van der Waals surface area contributed by atoms with Crippen LogP contribution in [0, 0.1) is 5.92 Å². The number of benzene rings is 1. The summed E-state index contributed by atoms with van der Waals surface area (Å²) >= 11 is 0. The number of rotatable bonds is 5. The maximum Gasteiger partial charge on any atom is 0.308 e. The molecule has 1 aromatic carbocycles. The molecule has 0 aliphatic heterocycles. The van der Waals surface area contributed by atoms with E-state index in [9.17, 15) is 13.2 Å². The molecule has 0 aromatic heterocycles. The van der Waals surface area contributed by atoms with Crippen LogP contribution >= 0.6 is 0 Å². The molecule has 1 fully saturated rings. The standard InChI is InChI=1S/C14H19NO4S/c16-14(17)12-8-4-5-9-13(12)15-20(18,19)10-11-6-2-1-3-7-11/h1-3,6-7,12-13,15H,4-5,8-10H2,(H,16,17)/t12-,13+/m0/s1. The maximum atomic E-state index is 12.1. The predicted molar refractivity (Wildman–Crippen MR) is 75.6 cm³/mol. The lowest BCUT2D eigenvalue weighted by Gasteiger charge is -2.29. The Hall–Kier alpha value is -1.40. The van der Waals surface area contributed by atoms with E-state index >= 15 is 0 Å². The highest BCUT2D eigenvalue weighted by Gasteiger charge is 2.33. The highest BCUT2D eigenvalue weighted by Crippen LogP contribution is 2.25. The highest BCUT2D eigenvalue weighted by molar-refractivity contribution is 7.88.